The minimum absolute atomic E-state index is 0.0472. The molecule has 2 aromatic rings. The lowest BCUT2D eigenvalue weighted by molar-refractivity contribution is 0.194. The average Bonchev–Trinajstić information content (AvgIpc) is 2.83. The van der Waals surface area contributed by atoms with Gasteiger partial charge in [-0.3, -0.25) is 0 Å². The number of hydrogen-bond donors (Lipinski definition) is 1. The number of benzene rings is 1. The van der Waals surface area contributed by atoms with Crippen LogP contribution in [0, 0.1) is 11.6 Å². The number of nitrogens with two attached hydrogens (primary N) is 1. The van der Waals surface area contributed by atoms with Crippen molar-refractivity contribution in [2.75, 3.05) is 19.5 Å². The maximum absolute atomic E-state index is 13.2. The van der Waals surface area contributed by atoms with E-state index < -0.39 is 11.6 Å². The molecule has 1 heterocycles. The van der Waals surface area contributed by atoms with Gasteiger partial charge in [0.2, 0.25) is 0 Å². The molecular formula is C12H13F2N3O2. The van der Waals surface area contributed by atoms with E-state index in [2.05, 4.69) is 10.1 Å². The zero-order valence-electron chi connectivity index (χ0n) is 10.3. The van der Waals surface area contributed by atoms with Crippen molar-refractivity contribution in [3.05, 3.63) is 29.6 Å². The second-order valence-electron chi connectivity index (χ2n) is 3.97. The van der Waals surface area contributed by atoms with Crippen LogP contribution >= 0.6 is 0 Å². The smallest absolute Gasteiger partial charge is 0.260 e. The Kier molecular flexibility index (Phi) is 4.06. The molecule has 0 spiro atoms. The Balaban J connectivity index is 2.20. The maximum Gasteiger partial charge on any atom is 0.260 e. The first-order valence-corrected chi connectivity index (χ1v) is 5.68. The van der Waals surface area contributed by atoms with Crippen molar-refractivity contribution in [1.29, 1.82) is 0 Å². The molecule has 0 aliphatic heterocycles. The third-order valence-electron chi connectivity index (χ3n) is 2.54. The Labute approximate surface area is 108 Å². The van der Waals surface area contributed by atoms with Gasteiger partial charge in [-0.05, 0) is 12.5 Å². The summed E-state index contributed by atoms with van der Waals surface area (Å²) in [6.45, 7) is 0.581. The van der Waals surface area contributed by atoms with Gasteiger partial charge in [0.25, 0.3) is 5.89 Å². The summed E-state index contributed by atoms with van der Waals surface area (Å²) in [5.41, 5.74) is 5.83. The zero-order chi connectivity index (χ0) is 13.8. The molecule has 0 unspecified atom stereocenters. The van der Waals surface area contributed by atoms with Gasteiger partial charge in [0, 0.05) is 31.9 Å². The molecule has 0 atom stereocenters. The minimum atomic E-state index is -1.01. The summed E-state index contributed by atoms with van der Waals surface area (Å²) < 4.78 is 36.0. The van der Waals surface area contributed by atoms with E-state index in [-0.39, 0.29) is 17.1 Å². The van der Waals surface area contributed by atoms with E-state index in [1.54, 1.807) is 7.11 Å². The fourth-order valence-corrected chi connectivity index (χ4v) is 1.59. The van der Waals surface area contributed by atoms with Gasteiger partial charge in [-0.25, -0.2) is 8.78 Å². The van der Waals surface area contributed by atoms with Crippen molar-refractivity contribution in [2.24, 2.45) is 0 Å². The van der Waals surface area contributed by atoms with Crippen LogP contribution in [0.25, 0.3) is 11.5 Å². The number of nitrogens with zero attached hydrogens (tertiary/aromatic N) is 2. The van der Waals surface area contributed by atoms with Crippen LogP contribution in [-0.2, 0) is 11.2 Å². The Hall–Kier alpha value is -2.02. The van der Waals surface area contributed by atoms with E-state index in [0.29, 0.717) is 18.9 Å². The SMILES string of the molecule is COCCCc1noc(-c2cc(F)c(F)cc2N)n1. The van der Waals surface area contributed by atoms with Crippen molar-refractivity contribution >= 4 is 5.69 Å². The number of hydrogen-bond acceptors (Lipinski definition) is 5. The van der Waals surface area contributed by atoms with Crippen LogP contribution < -0.4 is 5.73 Å². The van der Waals surface area contributed by atoms with Crippen LogP contribution in [0.2, 0.25) is 0 Å². The Morgan fingerprint density at radius 2 is 2.05 bits per heavy atom. The number of methoxy groups -OCH3 is 1. The van der Waals surface area contributed by atoms with Crippen LogP contribution in [0.5, 0.6) is 0 Å². The first-order valence-electron chi connectivity index (χ1n) is 5.68. The van der Waals surface area contributed by atoms with E-state index in [1.165, 1.54) is 0 Å². The van der Waals surface area contributed by atoms with E-state index >= 15 is 0 Å². The highest BCUT2D eigenvalue weighted by atomic mass is 19.2. The second kappa shape index (κ2) is 5.75. The summed E-state index contributed by atoms with van der Waals surface area (Å²) in [4.78, 5) is 4.08. The Morgan fingerprint density at radius 1 is 1.32 bits per heavy atom. The minimum Gasteiger partial charge on any atom is -0.398 e. The van der Waals surface area contributed by atoms with Gasteiger partial charge in [0.05, 0.1) is 5.56 Å². The summed E-state index contributed by atoms with van der Waals surface area (Å²) in [6.07, 6.45) is 1.31. The standard InChI is InChI=1S/C12H13F2N3O2/c1-18-4-2-3-11-16-12(19-17-11)7-5-8(13)9(14)6-10(7)15/h5-6H,2-4,15H2,1H3. The fourth-order valence-electron chi connectivity index (χ4n) is 1.59. The lowest BCUT2D eigenvalue weighted by Crippen LogP contribution is -1.96. The first-order chi connectivity index (χ1) is 9.11. The van der Waals surface area contributed by atoms with E-state index in [9.17, 15) is 8.78 Å². The van der Waals surface area contributed by atoms with E-state index in [0.717, 1.165) is 18.6 Å². The normalized spacial score (nSPS) is 10.9. The van der Waals surface area contributed by atoms with Crippen molar-refractivity contribution in [3.63, 3.8) is 0 Å². The summed E-state index contributed by atoms with van der Waals surface area (Å²) >= 11 is 0. The Morgan fingerprint density at radius 3 is 2.79 bits per heavy atom. The number of aromatic nitrogens is 2. The molecule has 2 rings (SSSR count). The second-order valence-corrected chi connectivity index (χ2v) is 3.97. The van der Waals surface area contributed by atoms with Gasteiger partial charge >= 0.3 is 0 Å². The summed E-state index contributed by atoms with van der Waals surface area (Å²) in [5, 5.41) is 3.74. The van der Waals surface area contributed by atoms with Gasteiger partial charge in [0.1, 0.15) is 0 Å². The van der Waals surface area contributed by atoms with Crippen molar-refractivity contribution in [1.82, 2.24) is 10.1 Å². The molecule has 0 bridgehead atoms. The monoisotopic (exact) mass is 269 g/mol. The lowest BCUT2D eigenvalue weighted by atomic mass is 10.1. The summed E-state index contributed by atoms with van der Waals surface area (Å²) in [7, 11) is 1.60. The topological polar surface area (TPSA) is 74.2 Å². The van der Waals surface area contributed by atoms with E-state index in [1.807, 2.05) is 0 Å². The highest BCUT2D eigenvalue weighted by Gasteiger charge is 2.15. The van der Waals surface area contributed by atoms with Gasteiger partial charge in [-0.1, -0.05) is 5.16 Å². The molecule has 0 radical (unpaired) electrons. The third kappa shape index (κ3) is 3.05. The predicted molar refractivity (Wildman–Crippen MR) is 64.3 cm³/mol. The quantitative estimate of drug-likeness (QED) is 0.665. The van der Waals surface area contributed by atoms with Crippen LogP contribution in [0.4, 0.5) is 14.5 Å². The molecule has 5 nitrogen and oxygen atoms in total. The molecule has 1 aromatic carbocycles. The highest BCUT2D eigenvalue weighted by molar-refractivity contribution is 5.70. The molecule has 2 N–H and O–H groups in total. The number of nitrogen functional groups attached to an aromatic ring is 1. The van der Waals surface area contributed by atoms with Gasteiger partial charge in [-0.15, -0.1) is 0 Å². The van der Waals surface area contributed by atoms with Crippen LogP contribution in [-0.4, -0.2) is 23.9 Å². The van der Waals surface area contributed by atoms with Crippen molar-refractivity contribution in [2.45, 2.75) is 12.8 Å². The molecular weight excluding hydrogens is 256 g/mol. The Bertz CT molecular complexity index is 572. The van der Waals surface area contributed by atoms with Gasteiger partial charge < -0.3 is 15.0 Å². The van der Waals surface area contributed by atoms with E-state index in [4.69, 9.17) is 15.0 Å². The van der Waals surface area contributed by atoms with Gasteiger partial charge in [0.15, 0.2) is 17.5 Å². The number of rotatable bonds is 5. The zero-order valence-corrected chi connectivity index (χ0v) is 10.3. The van der Waals surface area contributed by atoms with Crippen LogP contribution in [0.3, 0.4) is 0 Å². The molecule has 0 fully saturated rings. The average molecular weight is 269 g/mol. The highest BCUT2D eigenvalue weighted by Crippen LogP contribution is 2.26. The number of halogens is 2. The molecule has 0 saturated heterocycles. The number of anilines is 1. The molecule has 0 saturated carbocycles. The maximum atomic E-state index is 13.2. The molecule has 0 aliphatic carbocycles. The summed E-state index contributed by atoms with van der Waals surface area (Å²) in [6, 6.07) is 1.83. The number of aryl methyl sites for hydroxylation is 1. The molecule has 0 amide bonds. The van der Waals surface area contributed by atoms with Crippen molar-refractivity contribution < 1.29 is 18.0 Å². The molecule has 19 heavy (non-hydrogen) atoms. The van der Waals surface area contributed by atoms with Gasteiger partial charge in [-0.2, -0.15) is 4.98 Å². The molecule has 1 aromatic heterocycles. The first kappa shape index (κ1) is 13.4. The molecule has 102 valence electrons. The predicted octanol–water partition coefficient (Wildman–Crippen LogP) is 2.18. The fraction of sp³-hybridized carbons (Fsp3) is 0.333. The third-order valence-corrected chi connectivity index (χ3v) is 2.54. The largest absolute Gasteiger partial charge is 0.398 e. The number of ether oxygens (including phenoxy) is 1. The lowest BCUT2D eigenvalue weighted by Gasteiger charge is -2.01. The van der Waals surface area contributed by atoms with Crippen LogP contribution in [0.15, 0.2) is 16.7 Å². The van der Waals surface area contributed by atoms with Crippen LogP contribution in [0.1, 0.15) is 12.2 Å². The van der Waals surface area contributed by atoms with Crippen molar-refractivity contribution in [3.8, 4) is 11.5 Å². The summed E-state index contributed by atoms with van der Waals surface area (Å²) in [5.74, 6) is -1.48. The molecule has 0 aliphatic rings. The molecule has 7 heteroatoms.